The van der Waals surface area contributed by atoms with Crippen LogP contribution in [0.5, 0.6) is 0 Å². The highest BCUT2D eigenvalue weighted by molar-refractivity contribution is 5.82. The Morgan fingerprint density at radius 2 is 2.00 bits per heavy atom. The minimum Gasteiger partial charge on any atom is -0.399 e. The first kappa shape index (κ1) is 14.4. The Morgan fingerprint density at radius 1 is 1.40 bits per heavy atom. The maximum Gasteiger partial charge on any atom is 0.106 e. The van der Waals surface area contributed by atoms with Gasteiger partial charge < -0.3 is 15.1 Å². The molecular formula is C11H25N3O. The summed E-state index contributed by atoms with van der Waals surface area (Å²) in [6.07, 6.45) is 0.897. The molecule has 0 aromatic rings. The highest BCUT2D eigenvalue weighted by Crippen LogP contribution is 2.09. The SMILES string of the molecule is CON=C(C)CC(C)(C)NCCN(C)C. The third kappa shape index (κ3) is 8.39. The molecule has 0 amide bonds. The van der Waals surface area contributed by atoms with Crippen LogP contribution in [-0.4, -0.2) is 50.4 Å². The molecule has 4 nitrogen and oxygen atoms in total. The predicted molar refractivity (Wildman–Crippen MR) is 65.4 cm³/mol. The summed E-state index contributed by atoms with van der Waals surface area (Å²) in [5.74, 6) is 0. The van der Waals surface area contributed by atoms with Crippen molar-refractivity contribution in [1.29, 1.82) is 0 Å². The van der Waals surface area contributed by atoms with Gasteiger partial charge in [0.2, 0.25) is 0 Å². The zero-order valence-electron chi connectivity index (χ0n) is 10.9. The molecule has 0 unspecified atom stereocenters. The molecule has 15 heavy (non-hydrogen) atoms. The maximum absolute atomic E-state index is 4.74. The summed E-state index contributed by atoms with van der Waals surface area (Å²) < 4.78 is 0. The fourth-order valence-electron chi connectivity index (χ4n) is 1.51. The van der Waals surface area contributed by atoms with Gasteiger partial charge in [0, 0.05) is 25.0 Å². The minimum atomic E-state index is 0.0716. The summed E-state index contributed by atoms with van der Waals surface area (Å²) in [4.78, 5) is 6.91. The zero-order valence-corrected chi connectivity index (χ0v) is 10.9. The number of oxime groups is 1. The van der Waals surface area contributed by atoms with Crippen molar-refractivity contribution < 1.29 is 4.84 Å². The van der Waals surface area contributed by atoms with Gasteiger partial charge in [-0.1, -0.05) is 5.16 Å². The first-order valence-electron chi connectivity index (χ1n) is 5.34. The first-order valence-corrected chi connectivity index (χ1v) is 5.34. The number of nitrogens with one attached hydrogen (secondary N) is 1. The number of rotatable bonds is 7. The van der Waals surface area contributed by atoms with E-state index >= 15 is 0 Å². The van der Waals surface area contributed by atoms with Crippen molar-refractivity contribution in [2.75, 3.05) is 34.3 Å². The minimum absolute atomic E-state index is 0.0716. The van der Waals surface area contributed by atoms with Gasteiger partial charge in [0.25, 0.3) is 0 Å². The molecule has 4 heteroatoms. The molecule has 0 atom stereocenters. The topological polar surface area (TPSA) is 36.9 Å². The van der Waals surface area contributed by atoms with Crippen LogP contribution in [0.4, 0.5) is 0 Å². The molecule has 90 valence electrons. The van der Waals surface area contributed by atoms with E-state index in [0.717, 1.165) is 25.2 Å². The zero-order chi connectivity index (χ0) is 11.9. The van der Waals surface area contributed by atoms with Gasteiger partial charge in [0.1, 0.15) is 7.11 Å². The summed E-state index contributed by atoms with van der Waals surface area (Å²) in [6.45, 7) is 8.37. The van der Waals surface area contributed by atoms with Crippen LogP contribution in [0.15, 0.2) is 5.16 Å². The third-order valence-electron chi connectivity index (χ3n) is 2.11. The van der Waals surface area contributed by atoms with Crippen LogP contribution in [-0.2, 0) is 4.84 Å². The lowest BCUT2D eigenvalue weighted by Crippen LogP contribution is -2.43. The smallest absolute Gasteiger partial charge is 0.106 e. The number of hydrogen-bond acceptors (Lipinski definition) is 4. The van der Waals surface area contributed by atoms with E-state index < -0.39 is 0 Å². The van der Waals surface area contributed by atoms with Gasteiger partial charge in [0.15, 0.2) is 0 Å². The van der Waals surface area contributed by atoms with E-state index in [1.807, 2.05) is 6.92 Å². The molecule has 0 rings (SSSR count). The molecule has 0 heterocycles. The monoisotopic (exact) mass is 215 g/mol. The van der Waals surface area contributed by atoms with Crippen molar-refractivity contribution >= 4 is 5.71 Å². The van der Waals surface area contributed by atoms with Gasteiger partial charge in [-0.3, -0.25) is 0 Å². The molecule has 0 aliphatic rings. The fourth-order valence-corrected chi connectivity index (χ4v) is 1.51. The molecule has 0 aromatic heterocycles. The molecule has 0 aliphatic carbocycles. The Hall–Kier alpha value is -0.610. The number of nitrogens with zero attached hydrogens (tertiary/aromatic N) is 2. The van der Waals surface area contributed by atoms with Gasteiger partial charge >= 0.3 is 0 Å². The fraction of sp³-hybridized carbons (Fsp3) is 0.909. The molecule has 0 bridgehead atoms. The standard InChI is InChI=1S/C11H25N3O/c1-10(13-15-6)9-11(2,3)12-7-8-14(4)5/h12H,7-9H2,1-6H3. The van der Waals surface area contributed by atoms with Crippen LogP contribution in [0.3, 0.4) is 0 Å². The Labute approximate surface area is 93.7 Å². The second kappa shape index (κ2) is 6.80. The molecule has 0 aliphatic heterocycles. The Balaban J connectivity index is 3.91. The molecule has 0 radical (unpaired) electrons. The predicted octanol–water partition coefficient (Wildman–Crippen LogP) is 1.33. The highest BCUT2D eigenvalue weighted by atomic mass is 16.6. The van der Waals surface area contributed by atoms with Crippen LogP contribution >= 0.6 is 0 Å². The van der Waals surface area contributed by atoms with Crippen LogP contribution in [0.25, 0.3) is 0 Å². The van der Waals surface area contributed by atoms with Crippen molar-refractivity contribution in [3.8, 4) is 0 Å². The molecule has 0 saturated carbocycles. The molecular weight excluding hydrogens is 190 g/mol. The van der Waals surface area contributed by atoms with Gasteiger partial charge in [0.05, 0.1) is 5.71 Å². The Morgan fingerprint density at radius 3 is 2.47 bits per heavy atom. The Kier molecular flexibility index (Phi) is 6.52. The highest BCUT2D eigenvalue weighted by Gasteiger charge is 2.18. The van der Waals surface area contributed by atoms with E-state index in [0.29, 0.717) is 0 Å². The van der Waals surface area contributed by atoms with Crippen molar-refractivity contribution in [2.24, 2.45) is 5.16 Å². The van der Waals surface area contributed by atoms with Crippen LogP contribution in [0.1, 0.15) is 27.2 Å². The van der Waals surface area contributed by atoms with Crippen LogP contribution in [0, 0.1) is 0 Å². The quantitative estimate of drug-likeness (QED) is 0.514. The third-order valence-corrected chi connectivity index (χ3v) is 2.11. The largest absolute Gasteiger partial charge is 0.399 e. The molecule has 1 N–H and O–H groups in total. The molecule has 0 spiro atoms. The average Bonchev–Trinajstić information content (AvgIpc) is 2.01. The number of likely N-dealkylation sites (N-methyl/N-ethyl adjacent to an activating group) is 1. The van der Waals surface area contributed by atoms with E-state index in [4.69, 9.17) is 4.84 Å². The summed E-state index contributed by atoms with van der Waals surface area (Å²) in [5.41, 5.74) is 1.09. The average molecular weight is 215 g/mol. The summed E-state index contributed by atoms with van der Waals surface area (Å²) in [7, 11) is 5.73. The molecule has 0 fully saturated rings. The van der Waals surface area contributed by atoms with Gasteiger partial charge in [-0.15, -0.1) is 0 Å². The van der Waals surface area contributed by atoms with E-state index in [1.54, 1.807) is 7.11 Å². The van der Waals surface area contributed by atoms with Crippen molar-refractivity contribution in [3.63, 3.8) is 0 Å². The number of hydrogen-bond donors (Lipinski definition) is 1. The van der Waals surface area contributed by atoms with Crippen LogP contribution in [0.2, 0.25) is 0 Å². The first-order chi connectivity index (χ1) is 6.87. The van der Waals surface area contributed by atoms with E-state index in [9.17, 15) is 0 Å². The Bertz CT molecular complexity index is 200. The lowest BCUT2D eigenvalue weighted by molar-refractivity contribution is 0.211. The van der Waals surface area contributed by atoms with Crippen molar-refractivity contribution in [3.05, 3.63) is 0 Å². The van der Waals surface area contributed by atoms with Gasteiger partial charge in [-0.05, 0) is 34.9 Å². The van der Waals surface area contributed by atoms with E-state index in [-0.39, 0.29) is 5.54 Å². The summed E-state index contributed by atoms with van der Waals surface area (Å²) >= 11 is 0. The lowest BCUT2D eigenvalue weighted by Gasteiger charge is -2.27. The van der Waals surface area contributed by atoms with Gasteiger partial charge in [-0.25, -0.2) is 0 Å². The van der Waals surface area contributed by atoms with Gasteiger partial charge in [-0.2, -0.15) is 0 Å². The normalized spacial score (nSPS) is 13.4. The molecule has 0 saturated heterocycles. The second-order valence-electron chi connectivity index (χ2n) is 4.80. The van der Waals surface area contributed by atoms with Crippen LogP contribution < -0.4 is 5.32 Å². The van der Waals surface area contributed by atoms with E-state index in [1.165, 1.54) is 0 Å². The van der Waals surface area contributed by atoms with E-state index in [2.05, 4.69) is 43.3 Å². The second-order valence-corrected chi connectivity index (χ2v) is 4.80. The van der Waals surface area contributed by atoms with Crippen molar-refractivity contribution in [1.82, 2.24) is 10.2 Å². The molecule has 0 aromatic carbocycles. The lowest BCUT2D eigenvalue weighted by atomic mass is 9.98. The maximum atomic E-state index is 4.74. The summed E-state index contributed by atoms with van der Waals surface area (Å²) in [5, 5.41) is 7.42. The van der Waals surface area contributed by atoms with Crippen molar-refractivity contribution in [2.45, 2.75) is 32.7 Å². The summed E-state index contributed by atoms with van der Waals surface area (Å²) in [6, 6.07) is 0.